The first-order chi connectivity index (χ1) is 17.6. The predicted molar refractivity (Wildman–Crippen MR) is 130 cm³/mol. The number of nitro groups is 1. The summed E-state index contributed by atoms with van der Waals surface area (Å²) in [5, 5.41) is 17.8. The largest absolute Gasteiger partial charge is 0.485 e. The van der Waals surface area contributed by atoms with Crippen LogP contribution in [0.2, 0.25) is 0 Å². The topological polar surface area (TPSA) is 138 Å². The third kappa shape index (κ3) is 5.42. The van der Waals surface area contributed by atoms with Crippen molar-refractivity contribution in [2.45, 2.75) is 25.6 Å². The fourth-order valence-corrected chi connectivity index (χ4v) is 3.90. The summed E-state index contributed by atoms with van der Waals surface area (Å²) in [4.78, 5) is 32.6. The molecule has 1 saturated heterocycles. The quantitative estimate of drug-likeness (QED) is 0.416. The van der Waals surface area contributed by atoms with E-state index in [9.17, 15) is 14.9 Å². The molecule has 36 heavy (non-hydrogen) atoms. The van der Waals surface area contributed by atoms with Gasteiger partial charge in [-0.1, -0.05) is 0 Å². The summed E-state index contributed by atoms with van der Waals surface area (Å²) in [5.41, 5.74) is 2.24. The molecule has 1 amide bonds. The molecule has 0 radical (unpaired) electrons. The standard InChI is InChI=1S/C25H25N5O6/c31-24-16-3-5-20(22(12-16)30(32)33)21-7-9-27-25(29-21)28-18-4-6-23(36-19-14-35-15-19)17(11-18)13-34-10-2-1-8-26-24/h3-7,9,11-12,19H,1-2,8,10,13-15H2,(H,26,31)(H,27,28,29). The maximum atomic E-state index is 12.5. The van der Waals surface area contributed by atoms with Gasteiger partial charge in [0.25, 0.3) is 11.6 Å². The second-order valence-corrected chi connectivity index (χ2v) is 8.49. The van der Waals surface area contributed by atoms with Crippen molar-refractivity contribution in [3.05, 3.63) is 69.9 Å². The molecule has 6 rings (SSSR count). The van der Waals surface area contributed by atoms with Gasteiger partial charge in [-0.05, 0) is 49.2 Å². The van der Waals surface area contributed by atoms with Crippen molar-refractivity contribution in [1.82, 2.24) is 15.3 Å². The van der Waals surface area contributed by atoms with E-state index in [0.717, 1.165) is 23.4 Å². The Balaban J connectivity index is 1.49. The Bertz CT molecular complexity index is 1280. The van der Waals surface area contributed by atoms with Gasteiger partial charge in [-0.2, -0.15) is 0 Å². The molecule has 0 saturated carbocycles. The number of amides is 1. The molecule has 0 unspecified atom stereocenters. The van der Waals surface area contributed by atoms with Gasteiger partial charge in [-0.25, -0.2) is 9.97 Å². The number of benzene rings is 2. The molecule has 3 aliphatic rings. The van der Waals surface area contributed by atoms with Crippen LogP contribution in [-0.4, -0.2) is 53.3 Å². The summed E-state index contributed by atoms with van der Waals surface area (Å²) in [6.07, 6.45) is 2.99. The predicted octanol–water partition coefficient (Wildman–Crippen LogP) is 3.61. The number of nitrogens with one attached hydrogen (secondary N) is 2. The van der Waals surface area contributed by atoms with Gasteiger partial charge in [0.2, 0.25) is 5.95 Å². The number of fused-ring (bicyclic) bond motifs is 9. The number of nitro benzene ring substituents is 1. The van der Waals surface area contributed by atoms with Crippen LogP contribution in [0, 0.1) is 10.1 Å². The summed E-state index contributed by atoms with van der Waals surface area (Å²) in [5.74, 6) is 0.623. The van der Waals surface area contributed by atoms with Crippen molar-refractivity contribution < 1.29 is 23.9 Å². The highest BCUT2D eigenvalue weighted by atomic mass is 16.6. The highest BCUT2D eigenvalue weighted by molar-refractivity contribution is 5.96. The van der Waals surface area contributed by atoms with Crippen molar-refractivity contribution in [2.24, 2.45) is 0 Å². The first kappa shape index (κ1) is 23.6. The first-order valence-corrected chi connectivity index (χ1v) is 11.7. The molecule has 11 nitrogen and oxygen atoms in total. The minimum atomic E-state index is -0.515. The molecule has 6 bridgehead atoms. The van der Waals surface area contributed by atoms with Crippen LogP contribution in [0.15, 0.2) is 48.7 Å². The summed E-state index contributed by atoms with van der Waals surface area (Å²) >= 11 is 0. The molecule has 0 atom stereocenters. The zero-order valence-electron chi connectivity index (χ0n) is 19.4. The van der Waals surface area contributed by atoms with Gasteiger partial charge in [0.05, 0.1) is 36.0 Å². The molecule has 2 aromatic carbocycles. The lowest BCUT2D eigenvalue weighted by Crippen LogP contribution is -2.38. The zero-order chi connectivity index (χ0) is 24.9. The Kier molecular flexibility index (Phi) is 7.01. The maximum Gasteiger partial charge on any atom is 0.279 e. The molecule has 11 heteroatoms. The molecule has 186 valence electrons. The normalized spacial score (nSPS) is 16.5. The first-order valence-electron chi connectivity index (χ1n) is 11.7. The third-order valence-electron chi connectivity index (χ3n) is 5.86. The number of aromatic nitrogens is 2. The summed E-state index contributed by atoms with van der Waals surface area (Å²) in [6.45, 7) is 2.40. The molecule has 4 heterocycles. The summed E-state index contributed by atoms with van der Waals surface area (Å²) < 4.78 is 17.1. The van der Waals surface area contributed by atoms with Gasteiger partial charge in [0.1, 0.15) is 11.9 Å². The van der Waals surface area contributed by atoms with E-state index in [4.69, 9.17) is 14.2 Å². The van der Waals surface area contributed by atoms with Crippen LogP contribution in [0.4, 0.5) is 17.3 Å². The van der Waals surface area contributed by atoms with E-state index in [0.29, 0.717) is 50.7 Å². The minimum Gasteiger partial charge on any atom is -0.485 e. The van der Waals surface area contributed by atoms with Crippen molar-refractivity contribution >= 4 is 23.2 Å². The Hall–Kier alpha value is -4.09. The zero-order valence-corrected chi connectivity index (χ0v) is 19.4. The lowest BCUT2D eigenvalue weighted by molar-refractivity contribution is -0.384. The molecule has 2 N–H and O–H groups in total. The van der Waals surface area contributed by atoms with E-state index >= 15 is 0 Å². The molecule has 3 aromatic rings. The van der Waals surface area contributed by atoms with Crippen molar-refractivity contribution in [2.75, 3.05) is 31.7 Å². The van der Waals surface area contributed by atoms with Crippen LogP contribution in [0.3, 0.4) is 0 Å². The maximum absolute atomic E-state index is 12.5. The van der Waals surface area contributed by atoms with Crippen LogP contribution in [-0.2, 0) is 16.1 Å². The van der Waals surface area contributed by atoms with Crippen molar-refractivity contribution in [3.8, 4) is 17.0 Å². The number of nitrogens with zero attached hydrogens (tertiary/aromatic N) is 3. The second-order valence-electron chi connectivity index (χ2n) is 8.49. The Morgan fingerprint density at radius 1 is 1.08 bits per heavy atom. The average Bonchev–Trinajstić information content (AvgIpc) is 2.85. The lowest BCUT2D eigenvalue weighted by atomic mass is 10.1. The number of rotatable bonds is 3. The Morgan fingerprint density at radius 3 is 2.78 bits per heavy atom. The van der Waals surface area contributed by atoms with Crippen molar-refractivity contribution in [1.29, 1.82) is 0 Å². The van der Waals surface area contributed by atoms with Crippen LogP contribution >= 0.6 is 0 Å². The molecule has 1 fully saturated rings. The van der Waals surface area contributed by atoms with E-state index in [1.807, 2.05) is 18.2 Å². The van der Waals surface area contributed by atoms with Gasteiger partial charge in [0.15, 0.2) is 0 Å². The smallest absolute Gasteiger partial charge is 0.279 e. The lowest BCUT2D eigenvalue weighted by Gasteiger charge is -2.28. The van der Waals surface area contributed by atoms with Crippen molar-refractivity contribution in [3.63, 3.8) is 0 Å². The molecule has 1 aromatic heterocycles. The number of carbonyl (C=O) groups excluding carboxylic acids is 1. The minimum absolute atomic E-state index is 0.0164. The number of hydrogen-bond donors (Lipinski definition) is 2. The number of carbonyl (C=O) groups is 1. The van der Waals surface area contributed by atoms with Crippen LogP contribution < -0.4 is 15.4 Å². The van der Waals surface area contributed by atoms with E-state index in [-0.39, 0.29) is 29.2 Å². The van der Waals surface area contributed by atoms with Gasteiger partial charge < -0.3 is 24.8 Å². The molecule has 0 aliphatic carbocycles. The van der Waals surface area contributed by atoms with Gasteiger partial charge in [-0.3, -0.25) is 14.9 Å². The SMILES string of the molecule is O=C1NCCCCOCc2cc(ccc2OC2COC2)Nc2nccc(n2)-c2ccc1cc2[N+](=O)[O-]. The van der Waals surface area contributed by atoms with E-state index in [1.165, 1.54) is 18.3 Å². The highest BCUT2D eigenvalue weighted by Gasteiger charge is 2.22. The summed E-state index contributed by atoms with van der Waals surface area (Å²) in [6, 6.07) is 11.6. The Morgan fingerprint density at radius 2 is 1.97 bits per heavy atom. The van der Waals surface area contributed by atoms with Gasteiger partial charge in [0, 0.05) is 42.2 Å². The number of hydrogen-bond acceptors (Lipinski definition) is 9. The van der Waals surface area contributed by atoms with Crippen LogP contribution in [0.1, 0.15) is 28.8 Å². The number of ether oxygens (including phenoxy) is 3. The van der Waals surface area contributed by atoms with E-state index in [2.05, 4.69) is 20.6 Å². The van der Waals surface area contributed by atoms with E-state index in [1.54, 1.807) is 12.1 Å². The van der Waals surface area contributed by atoms with E-state index < -0.39 is 4.92 Å². The van der Waals surface area contributed by atoms with Crippen LogP contribution in [0.25, 0.3) is 11.3 Å². The van der Waals surface area contributed by atoms with Gasteiger partial charge in [-0.15, -0.1) is 0 Å². The monoisotopic (exact) mass is 491 g/mol. The number of anilines is 2. The average molecular weight is 492 g/mol. The fraction of sp³-hybridized carbons (Fsp3) is 0.320. The third-order valence-corrected chi connectivity index (χ3v) is 5.86. The molecule has 0 spiro atoms. The molecule has 3 aliphatic heterocycles. The molecular formula is C25H25N5O6. The highest BCUT2D eigenvalue weighted by Crippen LogP contribution is 2.31. The second kappa shape index (κ2) is 10.7. The van der Waals surface area contributed by atoms with Crippen LogP contribution in [0.5, 0.6) is 5.75 Å². The van der Waals surface area contributed by atoms with Gasteiger partial charge >= 0.3 is 0 Å². The Labute approximate surface area is 207 Å². The fourth-order valence-electron chi connectivity index (χ4n) is 3.90. The summed E-state index contributed by atoms with van der Waals surface area (Å²) in [7, 11) is 0. The molecular weight excluding hydrogens is 466 g/mol.